The fraction of sp³-hybridized carbons (Fsp3) is 0.273. The number of rotatable bonds is 2. The standard InChI is InChI=1S/C11H8BrCl2NO3/c12-6-2-7(13)10(8(14)3-6)15-4-5(11(17)18)1-9(15)16/h2-3,5H,1,4H2,(H,17,18). The number of carboxylic acid groups (broad SMARTS) is 1. The van der Waals surface area contributed by atoms with Crippen molar-refractivity contribution in [3.8, 4) is 0 Å². The molecule has 1 aliphatic heterocycles. The molecule has 1 amide bonds. The van der Waals surface area contributed by atoms with Crippen molar-refractivity contribution in [1.29, 1.82) is 0 Å². The molecule has 2 rings (SSSR count). The maximum Gasteiger partial charge on any atom is 0.308 e. The minimum Gasteiger partial charge on any atom is -0.481 e. The minimum absolute atomic E-state index is 0.0297. The van der Waals surface area contributed by atoms with Crippen LogP contribution in [-0.2, 0) is 9.59 Å². The Bertz CT molecular complexity index is 512. The molecule has 18 heavy (non-hydrogen) atoms. The number of hydrogen-bond acceptors (Lipinski definition) is 2. The lowest BCUT2D eigenvalue weighted by Gasteiger charge is -2.19. The highest BCUT2D eigenvalue weighted by Gasteiger charge is 2.36. The Morgan fingerprint density at radius 2 is 1.94 bits per heavy atom. The summed E-state index contributed by atoms with van der Waals surface area (Å²) in [4.78, 5) is 24.0. The molecular formula is C11H8BrCl2NO3. The first kappa shape index (κ1) is 13.6. The van der Waals surface area contributed by atoms with Crippen LogP contribution in [0, 0.1) is 5.92 Å². The third kappa shape index (κ3) is 2.48. The summed E-state index contributed by atoms with van der Waals surface area (Å²) in [6.07, 6.45) is -0.0297. The third-order valence-corrected chi connectivity index (χ3v) is 3.76. The van der Waals surface area contributed by atoms with Gasteiger partial charge in [0.15, 0.2) is 0 Å². The molecule has 0 bridgehead atoms. The third-order valence-electron chi connectivity index (χ3n) is 2.73. The number of hydrogen-bond donors (Lipinski definition) is 1. The molecule has 1 aromatic carbocycles. The van der Waals surface area contributed by atoms with Crippen LogP contribution in [0.1, 0.15) is 6.42 Å². The predicted molar refractivity (Wildman–Crippen MR) is 72.3 cm³/mol. The Balaban J connectivity index is 2.39. The molecule has 0 aliphatic carbocycles. The average Bonchev–Trinajstić information content (AvgIpc) is 2.59. The second-order valence-electron chi connectivity index (χ2n) is 3.96. The van der Waals surface area contributed by atoms with E-state index in [2.05, 4.69) is 15.9 Å². The summed E-state index contributed by atoms with van der Waals surface area (Å²) in [6.45, 7) is 0.0925. The molecule has 1 N–H and O–H groups in total. The lowest BCUT2D eigenvalue weighted by Crippen LogP contribution is -2.26. The number of nitrogens with zero attached hydrogens (tertiary/aromatic N) is 1. The number of carbonyl (C=O) groups excluding carboxylic acids is 1. The summed E-state index contributed by atoms with van der Waals surface area (Å²) in [7, 11) is 0. The van der Waals surface area contributed by atoms with E-state index in [0.29, 0.717) is 20.2 Å². The van der Waals surface area contributed by atoms with Gasteiger partial charge in [0.1, 0.15) is 0 Å². The van der Waals surface area contributed by atoms with E-state index in [-0.39, 0.29) is 18.9 Å². The molecule has 0 saturated carbocycles. The van der Waals surface area contributed by atoms with Crippen LogP contribution in [0.3, 0.4) is 0 Å². The van der Waals surface area contributed by atoms with E-state index in [0.717, 1.165) is 0 Å². The van der Waals surface area contributed by atoms with Crippen LogP contribution < -0.4 is 4.90 Å². The molecule has 1 aliphatic rings. The maximum atomic E-state index is 11.8. The van der Waals surface area contributed by atoms with Gasteiger partial charge in [-0.1, -0.05) is 39.1 Å². The predicted octanol–water partition coefficient (Wildman–Crippen LogP) is 3.19. The second kappa shape index (κ2) is 5.07. The van der Waals surface area contributed by atoms with Crippen LogP contribution in [0.2, 0.25) is 10.0 Å². The van der Waals surface area contributed by atoms with E-state index in [4.69, 9.17) is 28.3 Å². The Kier molecular flexibility index (Phi) is 3.84. The van der Waals surface area contributed by atoms with E-state index >= 15 is 0 Å². The molecule has 1 saturated heterocycles. The Hall–Kier alpha value is -0.780. The van der Waals surface area contributed by atoms with Gasteiger partial charge in [0, 0.05) is 17.4 Å². The maximum absolute atomic E-state index is 11.8. The van der Waals surface area contributed by atoms with Gasteiger partial charge in [-0.2, -0.15) is 0 Å². The van der Waals surface area contributed by atoms with E-state index in [1.54, 1.807) is 12.1 Å². The Morgan fingerprint density at radius 1 is 1.39 bits per heavy atom. The fourth-order valence-corrected chi connectivity index (χ4v) is 3.29. The van der Waals surface area contributed by atoms with Gasteiger partial charge in [-0.15, -0.1) is 0 Å². The topological polar surface area (TPSA) is 57.6 Å². The second-order valence-corrected chi connectivity index (χ2v) is 5.69. The van der Waals surface area contributed by atoms with Crippen LogP contribution in [0.25, 0.3) is 0 Å². The van der Waals surface area contributed by atoms with E-state index in [9.17, 15) is 9.59 Å². The fourth-order valence-electron chi connectivity index (χ4n) is 1.88. The van der Waals surface area contributed by atoms with E-state index in [1.807, 2.05) is 0 Å². The molecule has 1 unspecified atom stereocenters. The largest absolute Gasteiger partial charge is 0.481 e. The van der Waals surface area contributed by atoms with Gasteiger partial charge < -0.3 is 10.0 Å². The molecule has 0 spiro atoms. The van der Waals surface area contributed by atoms with Crippen LogP contribution >= 0.6 is 39.1 Å². The van der Waals surface area contributed by atoms with Gasteiger partial charge >= 0.3 is 5.97 Å². The summed E-state index contributed by atoms with van der Waals surface area (Å²) in [5.74, 6) is -1.99. The lowest BCUT2D eigenvalue weighted by molar-refractivity contribution is -0.141. The van der Waals surface area contributed by atoms with Gasteiger partial charge in [-0.25, -0.2) is 0 Å². The van der Waals surface area contributed by atoms with Crippen molar-refractivity contribution >= 4 is 56.7 Å². The van der Waals surface area contributed by atoms with Crippen LogP contribution in [0.4, 0.5) is 5.69 Å². The zero-order valence-corrected chi connectivity index (χ0v) is 12.1. The average molecular weight is 353 g/mol. The lowest BCUT2D eigenvalue weighted by atomic mass is 10.1. The Morgan fingerprint density at radius 3 is 2.39 bits per heavy atom. The molecule has 0 radical (unpaired) electrons. The van der Waals surface area contributed by atoms with Gasteiger partial charge in [0.2, 0.25) is 5.91 Å². The first-order valence-electron chi connectivity index (χ1n) is 5.08. The number of anilines is 1. The smallest absolute Gasteiger partial charge is 0.308 e. The molecule has 7 heteroatoms. The van der Waals surface area contributed by atoms with Gasteiger partial charge in [-0.3, -0.25) is 9.59 Å². The Labute approximate surface area is 122 Å². The number of amides is 1. The summed E-state index contributed by atoms with van der Waals surface area (Å²) in [5.41, 5.74) is 0.371. The normalized spacial score (nSPS) is 19.4. The highest BCUT2D eigenvalue weighted by molar-refractivity contribution is 9.10. The summed E-state index contributed by atoms with van der Waals surface area (Å²) in [5, 5.41) is 9.55. The molecule has 0 aromatic heterocycles. The van der Waals surface area contributed by atoms with E-state index < -0.39 is 11.9 Å². The van der Waals surface area contributed by atoms with Gasteiger partial charge in [-0.05, 0) is 12.1 Å². The molecule has 1 aromatic rings. The van der Waals surface area contributed by atoms with Crippen molar-refractivity contribution in [2.75, 3.05) is 11.4 Å². The van der Waals surface area contributed by atoms with Crippen molar-refractivity contribution in [1.82, 2.24) is 0 Å². The van der Waals surface area contributed by atoms with Crippen LogP contribution in [0.15, 0.2) is 16.6 Å². The zero-order valence-electron chi connectivity index (χ0n) is 8.99. The number of carboxylic acids is 1. The van der Waals surface area contributed by atoms with Crippen molar-refractivity contribution in [2.45, 2.75) is 6.42 Å². The number of aliphatic carboxylic acids is 1. The highest BCUT2D eigenvalue weighted by Crippen LogP contribution is 2.39. The molecular weight excluding hydrogens is 345 g/mol. The highest BCUT2D eigenvalue weighted by atomic mass is 79.9. The van der Waals surface area contributed by atoms with Crippen LogP contribution in [-0.4, -0.2) is 23.5 Å². The minimum atomic E-state index is -0.991. The van der Waals surface area contributed by atoms with Crippen molar-refractivity contribution < 1.29 is 14.7 Å². The molecule has 1 fully saturated rings. The molecule has 4 nitrogen and oxygen atoms in total. The van der Waals surface area contributed by atoms with Crippen molar-refractivity contribution in [2.24, 2.45) is 5.92 Å². The van der Waals surface area contributed by atoms with Gasteiger partial charge in [0.25, 0.3) is 0 Å². The number of carbonyl (C=O) groups is 2. The molecule has 1 atom stereocenters. The first-order valence-corrected chi connectivity index (χ1v) is 6.62. The summed E-state index contributed by atoms with van der Waals surface area (Å²) in [6, 6.07) is 3.23. The van der Waals surface area contributed by atoms with Crippen molar-refractivity contribution in [3.63, 3.8) is 0 Å². The quantitative estimate of drug-likeness (QED) is 0.889. The van der Waals surface area contributed by atoms with Crippen LogP contribution in [0.5, 0.6) is 0 Å². The summed E-state index contributed by atoms with van der Waals surface area (Å²) < 4.78 is 0.697. The molecule has 96 valence electrons. The molecule has 1 heterocycles. The SMILES string of the molecule is O=C(O)C1CC(=O)N(c2c(Cl)cc(Br)cc2Cl)C1. The summed E-state index contributed by atoms with van der Waals surface area (Å²) >= 11 is 15.3. The van der Waals surface area contributed by atoms with Gasteiger partial charge in [0.05, 0.1) is 21.7 Å². The monoisotopic (exact) mass is 351 g/mol. The first-order chi connectivity index (χ1) is 8.40. The van der Waals surface area contributed by atoms with Crippen molar-refractivity contribution in [3.05, 3.63) is 26.7 Å². The number of benzene rings is 1. The number of halogens is 3. The van der Waals surface area contributed by atoms with E-state index in [1.165, 1.54) is 4.90 Å². The zero-order chi connectivity index (χ0) is 13.4.